The Morgan fingerprint density at radius 2 is 2.07 bits per heavy atom. The molecule has 27 heavy (non-hydrogen) atoms. The predicted molar refractivity (Wildman–Crippen MR) is 92.1 cm³/mol. The topological polar surface area (TPSA) is 78.9 Å². The zero-order valence-corrected chi connectivity index (χ0v) is 14.6. The van der Waals surface area contributed by atoms with Crippen LogP contribution in [0.5, 0.6) is 5.75 Å². The van der Waals surface area contributed by atoms with Gasteiger partial charge in [0.25, 0.3) is 5.89 Å². The van der Waals surface area contributed by atoms with E-state index in [0.717, 1.165) is 10.9 Å². The minimum atomic E-state index is -1.39. The van der Waals surface area contributed by atoms with Gasteiger partial charge in [-0.2, -0.15) is 5.10 Å². The highest BCUT2D eigenvalue weighted by molar-refractivity contribution is 5.80. The lowest BCUT2D eigenvalue weighted by molar-refractivity contribution is 0.294. The van der Waals surface area contributed by atoms with Crippen LogP contribution in [0.15, 0.2) is 41.1 Å². The second-order valence-corrected chi connectivity index (χ2v) is 5.99. The van der Waals surface area contributed by atoms with Crippen molar-refractivity contribution in [3.63, 3.8) is 0 Å². The maximum Gasteiger partial charge on any atom is 0.250 e. The van der Waals surface area contributed by atoms with E-state index in [4.69, 9.17) is 9.15 Å². The third kappa shape index (κ3) is 3.35. The zero-order valence-electron chi connectivity index (χ0n) is 14.6. The van der Waals surface area contributed by atoms with Crippen molar-refractivity contribution < 1.29 is 17.9 Å². The van der Waals surface area contributed by atoms with E-state index in [1.807, 2.05) is 19.2 Å². The van der Waals surface area contributed by atoms with Crippen molar-refractivity contribution in [2.45, 2.75) is 19.7 Å². The number of aromatic nitrogens is 5. The van der Waals surface area contributed by atoms with Crippen LogP contribution >= 0.6 is 0 Å². The third-order valence-corrected chi connectivity index (χ3v) is 4.04. The average Bonchev–Trinajstić information content (AvgIpc) is 3.28. The Labute approximate surface area is 152 Å². The largest absolute Gasteiger partial charge is 0.487 e. The zero-order chi connectivity index (χ0) is 19.0. The Balaban J connectivity index is 1.50. The van der Waals surface area contributed by atoms with E-state index in [-0.39, 0.29) is 29.6 Å². The van der Waals surface area contributed by atoms with Crippen molar-refractivity contribution in [2.24, 2.45) is 7.05 Å². The van der Waals surface area contributed by atoms with Crippen molar-refractivity contribution in [3.05, 3.63) is 54.1 Å². The van der Waals surface area contributed by atoms with Gasteiger partial charge in [0, 0.05) is 18.6 Å². The van der Waals surface area contributed by atoms with E-state index < -0.39 is 12.0 Å². The molecule has 0 bridgehead atoms. The van der Waals surface area contributed by atoms with Gasteiger partial charge in [0.15, 0.2) is 6.17 Å². The van der Waals surface area contributed by atoms with E-state index in [0.29, 0.717) is 5.75 Å². The molecule has 0 N–H and O–H groups in total. The molecule has 0 aliphatic carbocycles. The molecule has 138 valence electrons. The number of rotatable bonds is 5. The van der Waals surface area contributed by atoms with Crippen LogP contribution in [-0.4, -0.2) is 25.0 Å². The summed E-state index contributed by atoms with van der Waals surface area (Å²) in [5, 5.41) is 12.4. The van der Waals surface area contributed by atoms with Crippen LogP contribution in [0.2, 0.25) is 0 Å². The van der Waals surface area contributed by atoms with Gasteiger partial charge in [-0.3, -0.25) is 9.67 Å². The molecule has 1 aromatic carbocycles. The van der Waals surface area contributed by atoms with Gasteiger partial charge in [-0.15, -0.1) is 10.2 Å². The Morgan fingerprint density at radius 3 is 2.81 bits per heavy atom. The normalized spacial score (nSPS) is 12.4. The van der Waals surface area contributed by atoms with Gasteiger partial charge in [0.2, 0.25) is 5.89 Å². The van der Waals surface area contributed by atoms with Gasteiger partial charge >= 0.3 is 0 Å². The molecule has 0 amide bonds. The van der Waals surface area contributed by atoms with Crippen LogP contribution in [0.25, 0.3) is 22.4 Å². The Bertz CT molecular complexity index is 1110. The quantitative estimate of drug-likeness (QED) is 0.531. The lowest BCUT2D eigenvalue weighted by Crippen LogP contribution is -2.02. The highest BCUT2D eigenvalue weighted by Gasteiger charge is 2.16. The second-order valence-electron chi connectivity index (χ2n) is 5.99. The van der Waals surface area contributed by atoms with Gasteiger partial charge in [-0.05, 0) is 31.2 Å². The SMILES string of the molecule is CC(F)c1nnc(-c2cnc(COc3ccc4c(cnn4C)c3)c(F)c2)o1. The summed E-state index contributed by atoms with van der Waals surface area (Å²) in [6, 6.07) is 6.70. The maximum atomic E-state index is 14.3. The number of nitrogens with zero attached hydrogens (tertiary/aromatic N) is 5. The fourth-order valence-corrected chi connectivity index (χ4v) is 2.58. The second kappa shape index (κ2) is 6.75. The maximum absolute atomic E-state index is 14.3. The van der Waals surface area contributed by atoms with Gasteiger partial charge in [0.1, 0.15) is 23.9 Å². The summed E-state index contributed by atoms with van der Waals surface area (Å²) >= 11 is 0. The van der Waals surface area contributed by atoms with Crippen molar-refractivity contribution in [2.75, 3.05) is 0 Å². The number of fused-ring (bicyclic) bond motifs is 1. The summed E-state index contributed by atoms with van der Waals surface area (Å²) in [4.78, 5) is 4.05. The molecular weight excluding hydrogens is 356 g/mol. The average molecular weight is 371 g/mol. The smallest absolute Gasteiger partial charge is 0.250 e. The predicted octanol–water partition coefficient (Wildman–Crippen LogP) is 3.77. The van der Waals surface area contributed by atoms with E-state index in [1.165, 1.54) is 19.2 Å². The number of aryl methyl sites for hydroxylation is 1. The summed E-state index contributed by atoms with van der Waals surface area (Å²) in [5.74, 6) is -0.152. The van der Waals surface area contributed by atoms with Crippen LogP contribution in [0, 0.1) is 5.82 Å². The first-order chi connectivity index (χ1) is 13.0. The molecular formula is C18H15F2N5O2. The van der Waals surface area contributed by atoms with Gasteiger partial charge in [-0.25, -0.2) is 8.78 Å². The molecule has 1 atom stereocenters. The Kier molecular flexibility index (Phi) is 4.27. The highest BCUT2D eigenvalue weighted by atomic mass is 19.1. The molecule has 4 rings (SSSR count). The Hall–Kier alpha value is -3.36. The van der Waals surface area contributed by atoms with Crippen molar-refractivity contribution in [1.82, 2.24) is 25.0 Å². The van der Waals surface area contributed by atoms with Gasteiger partial charge in [-0.1, -0.05) is 0 Å². The first kappa shape index (κ1) is 17.1. The molecule has 0 radical (unpaired) electrons. The van der Waals surface area contributed by atoms with Gasteiger partial charge in [0.05, 0.1) is 17.3 Å². The summed E-state index contributed by atoms with van der Waals surface area (Å²) in [6.45, 7) is 1.23. The first-order valence-corrected chi connectivity index (χ1v) is 8.18. The molecule has 0 aliphatic heterocycles. The Morgan fingerprint density at radius 1 is 1.22 bits per heavy atom. The number of hydrogen-bond donors (Lipinski definition) is 0. The number of ether oxygens (including phenoxy) is 1. The molecule has 0 saturated heterocycles. The summed E-state index contributed by atoms with van der Waals surface area (Å²) in [7, 11) is 1.85. The lowest BCUT2D eigenvalue weighted by Gasteiger charge is -2.07. The molecule has 1 unspecified atom stereocenters. The molecule has 0 aliphatic rings. The molecule has 4 aromatic rings. The third-order valence-electron chi connectivity index (χ3n) is 4.04. The highest BCUT2D eigenvalue weighted by Crippen LogP contribution is 2.24. The lowest BCUT2D eigenvalue weighted by atomic mass is 10.2. The first-order valence-electron chi connectivity index (χ1n) is 8.18. The van der Waals surface area contributed by atoms with Crippen molar-refractivity contribution in [1.29, 1.82) is 0 Å². The standard InChI is InChI=1S/C18H15F2N5O2/c1-10(19)17-23-24-18(27-17)12-6-14(20)15(21-7-12)9-26-13-3-4-16-11(5-13)8-22-25(16)2/h3-8,10H,9H2,1-2H3. The molecule has 3 aromatic heterocycles. The van der Waals surface area contributed by atoms with Crippen LogP contribution in [-0.2, 0) is 13.7 Å². The van der Waals surface area contributed by atoms with E-state index in [9.17, 15) is 8.78 Å². The summed E-state index contributed by atoms with van der Waals surface area (Å²) in [6.07, 6.45) is 1.72. The van der Waals surface area contributed by atoms with E-state index in [1.54, 1.807) is 16.9 Å². The minimum Gasteiger partial charge on any atom is -0.487 e. The fourth-order valence-electron chi connectivity index (χ4n) is 2.58. The molecule has 7 nitrogen and oxygen atoms in total. The van der Waals surface area contributed by atoms with E-state index in [2.05, 4.69) is 20.3 Å². The molecule has 9 heteroatoms. The monoisotopic (exact) mass is 371 g/mol. The van der Waals surface area contributed by atoms with Crippen molar-refractivity contribution in [3.8, 4) is 17.2 Å². The molecule has 0 fully saturated rings. The van der Waals surface area contributed by atoms with Crippen LogP contribution < -0.4 is 4.74 Å². The molecule has 3 heterocycles. The van der Waals surface area contributed by atoms with Gasteiger partial charge < -0.3 is 9.15 Å². The fraction of sp³-hybridized carbons (Fsp3) is 0.222. The van der Waals surface area contributed by atoms with Crippen molar-refractivity contribution >= 4 is 10.9 Å². The number of halogens is 2. The molecule has 0 spiro atoms. The number of hydrogen-bond acceptors (Lipinski definition) is 6. The minimum absolute atomic E-state index is 0.00963. The van der Waals surface area contributed by atoms with E-state index >= 15 is 0 Å². The van der Waals surface area contributed by atoms with Crippen LogP contribution in [0.3, 0.4) is 0 Å². The van der Waals surface area contributed by atoms with Crippen LogP contribution in [0.1, 0.15) is 24.7 Å². The number of benzene rings is 1. The summed E-state index contributed by atoms with van der Waals surface area (Å²) in [5.41, 5.74) is 1.37. The summed E-state index contributed by atoms with van der Waals surface area (Å²) < 4.78 is 40.0. The molecule has 0 saturated carbocycles. The van der Waals surface area contributed by atoms with Crippen LogP contribution in [0.4, 0.5) is 8.78 Å². The number of alkyl halides is 1. The number of pyridine rings is 1.